The van der Waals surface area contributed by atoms with Gasteiger partial charge < -0.3 is 5.73 Å². The first kappa shape index (κ1) is 14.6. The van der Waals surface area contributed by atoms with E-state index >= 15 is 0 Å². The number of hydrogen-bond donors (Lipinski definition) is 1. The second-order valence-electron chi connectivity index (χ2n) is 4.24. The van der Waals surface area contributed by atoms with Crippen LogP contribution in [0.15, 0.2) is 39.3 Å². The molecule has 5 heteroatoms. The van der Waals surface area contributed by atoms with Gasteiger partial charge in [0.1, 0.15) is 0 Å². The van der Waals surface area contributed by atoms with Crippen LogP contribution in [0.5, 0.6) is 0 Å². The number of halogens is 4. The number of benzene rings is 2. The predicted octanol–water partition coefficient (Wildman–Crippen LogP) is 4.85. The van der Waals surface area contributed by atoms with Crippen molar-refractivity contribution in [2.24, 2.45) is 5.73 Å². The summed E-state index contributed by atoms with van der Waals surface area (Å²) in [5.74, 6) is -1.80. The highest BCUT2D eigenvalue weighted by atomic mass is 79.9. The number of aryl methyl sites for hydroxylation is 1. The van der Waals surface area contributed by atoms with Gasteiger partial charge in [-0.3, -0.25) is 0 Å². The number of nitrogens with two attached hydrogens (primary N) is 1. The van der Waals surface area contributed by atoms with Gasteiger partial charge in [0.2, 0.25) is 0 Å². The highest BCUT2D eigenvalue weighted by molar-refractivity contribution is 9.11. The van der Waals surface area contributed by atoms with Crippen LogP contribution in [0.2, 0.25) is 0 Å². The lowest BCUT2D eigenvalue weighted by atomic mass is 9.98. The molecule has 0 radical (unpaired) electrons. The monoisotopic (exact) mass is 389 g/mol. The summed E-state index contributed by atoms with van der Waals surface area (Å²) in [6.45, 7) is 1.94. The van der Waals surface area contributed by atoms with Gasteiger partial charge in [-0.1, -0.05) is 44.0 Å². The molecule has 0 fully saturated rings. The lowest BCUT2D eigenvalue weighted by Crippen LogP contribution is -2.15. The Hall–Kier alpha value is -0.780. The number of rotatable bonds is 2. The van der Waals surface area contributed by atoms with E-state index in [1.807, 2.05) is 19.1 Å². The summed E-state index contributed by atoms with van der Waals surface area (Å²) in [7, 11) is 0. The van der Waals surface area contributed by atoms with Crippen LogP contribution in [0.1, 0.15) is 22.7 Å². The van der Waals surface area contributed by atoms with E-state index in [4.69, 9.17) is 5.73 Å². The Kier molecular flexibility index (Phi) is 4.38. The Morgan fingerprint density at radius 3 is 2.42 bits per heavy atom. The highest BCUT2D eigenvalue weighted by Crippen LogP contribution is 2.32. The Morgan fingerprint density at radius 2 is 1.74 bits per heavy atom. The van der Waals surface area contributed by atoms with Crippen LogP contribution in [0.3, 0.4) is 0 Å². The van der Waals surface area contributed by atoms with Crippen molar-refractivity contribution in [2.45, 2.75) is 13.0 Å². The molecule has 0 saturated heterocycles. The average Bonchev–Trinajstić information content (AvgIpc) is 2.36. The molecule has 0 spiro atoms. The van der Waals surface area contributed by atoms with Crippen LogP contribution in [-0.2, 0) is 0 Å². The first-order valence-corrected chi connectivity index (χ1v) is 7.15. The molecule has 0 aromatic heterocycles. The molecule has 19 heavy (non-hydrogen) atoms. The van der Waals surface area contributed by atoms with Crippen LogP contribution in [-0.4, -0.2) is 0 Å². The van der Waals surface area contributed by atoms with Crippen molar-refractivity contribution in [3.8, 4) is 0 Å². The van der Waals surface area contributed by atoms with Crippen molar-refractivity contribution in [3.63, 3.8) is 0 Å². The van der Waals surface area contributed by atoms with Crippen LogP contribution in [0.4, 0.5) is 8.78 Å². The average molecular weight is 391 g/mol. The fourth-order valence-corrected chi connectivity index (χ4v) is 2.89. The van der Waals surface area contributed by atoms with E-state index < -0.39 is 17.7 Å². The van der Waals surface area contributed by atoms with Gasteiger partial charge in [-0.15, -0.1) is 0 Å². The Bertz CT molecular complexity index is 629. The predicted molar refractivity (Wildman–Crippen MR) is 79.0 cm³/mol. The van der Waals surface area contributed by atoms with Crippen LogP contribution in [0.25, 0.3) is 0 Å². The molecule has 1 atom stereocenters. The maximum atomic E-state index is 13.8. The van der Waals surface area contributed by atoms with Crippen molar-refractivity contribution in [2.75, 3.05) is 0 Å². The minimum absolute atomic E-state index is 0.136. The first-order valence-electron chi connectivity index (χ1n) is 5.57. The van der Waals surface area contributed by atoms with Gasteiger partial charge in [0.05, 0.1) is 6.04 Å². The van der Waals surface area contributed by atoms with Crippen LogP contribution in [0, 0.1) is 18.6 Å². The second-order valence-corrected chi connectivity index (χ2v) is 5.95. The normalized spacial score (nSPS) is 12.5. The zero-order valence-electron chi connectivity index (χ0n) is 10.1. The molecule has 2 aromatic rings. The van der Waals surface area contributed by atoms with Crippen LogP contribution < -0.4 is 5.73 Å². The van der Waals surface area contributed by atoms with Gasteiger partial charge >= 0.3 is 0 Å². The number of hydrogen-bond acceptors (Lipinski definition) is 1. The topological polar surface area (TPSA) is 26.0 Å². The molecule has 1 nitrogen and oxygen atoms in total. The third kappa shape index (κ3) is 2.88. The molecule has 2 aromatic carbocycles. The minimum Gasteiger partial charge on any atom is -0.320 e. The van der Waals surface area contributed by atoms with Crippen molar-refractivity contribution in [1.82, 2.24) is 0 Å². The summed E-state index contributed by atoms with van der Waals surface area (Å²) in [5, 5.41) is 0. The summed E-state index contributed by atoms with van der Waals surface area (Å²) in [6, 6.07) is 6.98. The lowest BCUT2D eigenvalue weighted by Gasteiger charge is -2.16. The Labute approximate surface area is 127 Å². The van der Waals surface area contributed by atoms with Crippen molar-refractivity contribution >= 4 is 31.9 Å². The molecule has 0 saturated carbocycles. The highest BCUT2D eigenvalue weighted by Gasteiger charge is 2.19. The van der Waals surface area contributed by atoms with Gasteiger partial charge in [0.15, 0.2) is 11.6 Å². The lowest BCUT2D eigenvalue weighted by molar-refractivity contribution is 0.494. The molecule has 0 heterocycles. The molecular formula is C14H11Br2F2N. The quantitative estimate of drug-likeness (QED) is 0.779. The molecule has 100 valence electrons. The van der Waals surface area contributed by atoms with Gasteiger partial charge in [0.25, 0.3) is 0 Å². The van der Waals surface area contributed by atoms with E-state index in [1.165, 1.54) is 12.1 Å². The summed E-state index contributed by atoms with van der Waals surface area (Å²) < 4.78 is 28.7. The van der Waals surface area contributed by atoms with E-state index in [1.54, 1.807) is 0 Å². The van der Waals surface area contributed by atoms with E-state index in [-0.39, 0.29) is 5.56 Å². The van der Waals surface area contributed by atoms with Gasteiger partial charge in [-0.25, -0.2) is 8.78 Å². The van der Waals surface area contributed by atoms with E-state index in [2.05, 4.69) is 31.9 Å². The van der Waals surface area contributed by atoms with Gasteiger partial charge in [0, 0.05) is 14.5 Å². The van der Waals surface area contributed by atoms with Crippen molar-refractivity contribution in [1.29, 1.82) is 0 Å². The second kappa shape index (κ2) is 5.69. The zero-order valence-corrected chi connectivity index (χ0v) is 13.2. The van der Waals surface area contributed by atoms with Crippen molar-refractivity contribution in [3.05, 3.63) is 67.6 Å². The Morgan fingerprint density at radius 1 is 1.05 bits per heavy atom. The first-order chi connectivity index (χ1) is 8.91. The van der Waals surface area contributed by atoms with Crippen molar-refractivity contribution < 1.29 is 8.78 Å². The largest absolute Gasteiger partial charge is 0.320 e. The fourth-order valence-electron chi connectivity index (χ4n) is 1.83. The summed E-state index contributed by atoms with van der Waals surface area (Å²) in [5.41, 5.74) is 7.91. The third-order valence-corrected chi connectivity index (χ3v) is 4.47. The molecule has 0 aliphatic heterocycles. The molecule has 2 N–H and O–H groups in total. The summed E-state index contributed by atoms with van der Waals surface area (Å²) in [4.78, 5) is 0. The van der Waals surface area contributed by atoms with E-state index in [9.17, 15) is 8.78 Å². The molecule has 2 rings (SSSR count). The van der Waals surface area contributed by atoms with E-state index in [0.717, 1.165) is 20.6 Å². The molecule has 0 aliphatic rings. The van der Waals surface area contributed by atoms with E-state index in [0.29, 0.717) is 5.56 Å². The van der Waals surface area contributed by atoms with Gasteiger partial charge in [-0.05, 0) is 36.2 Å². The van der Waals surface area contributed by atoms with Crippen LogP contribution >= 0.6 is 31.9 Å². The molecule has 1 unspecified atom stereocenters. The molecule has 0 bridgehead atoms. The smallest absolute Gasteiger partial charge is 0.163 e. The zero-order chi connectivity index (χ0) is 14.2. The summed E-state index contributed by atoms with van der Waals surface area (Å²) in [6.07, 6.45) is 0. The molecule has 0 amide bonds. The minimum atomic E-state index is -0.904. The summed E-state index contributed by atoms with van der Waals surface area (Å²) >= 11 is 6.82. The molecule has 0 aliphatic carbocycles. The third-order valence-electron chi connectivity index (χ3n) is 2.93. The molecular weight excluding hydrogens is 380 g/mol. The SMILES string of the molecule is Cc1cc(Br)c(C(N)c2cccc(F)c2F)cc1Br. The fraction of sp³-hybridized carbons (Fsp3) is 0.143. The maximum absolute atomic E-state index is 13.8. The standard InChI is InChI=1S/C14H11Br2F2N/c1-7-5-11(16)9(6-10(7)15)14(19)8-3-2-4-12(17)13(8)18/h2-6,14H,19H2,1H3. The maximum Gasteiger partial charge on any atom is 0.163 e. The van der Waals surface area contributed by atoms with Gasteiger partial charge in [-0.2, -0.15) is 0 Å². The Balaban J connectivity index is 2.53.